The van der Waals surface area contributed by atoms with Crippen LogP contribution in [0.4, 0.5) is 0 Å². The Morgan fingerprint density at radius 2 is 0.800 bits per heavy atom. The number of carboxylic acid groups (broad SMARTS) is 1. The van der Waals surface area contributed by atoms with E-state index in [-0.39, 0.29) is 12.6 Å². The third-order valence-corrected chi connectivity index (χ3v) is 3.55. The van der Waals surface area contributed by atoms with Gasteiger partial charge < -0.3 is 19.7 Å². The molecule has 0 bridgehead atoms. The van der Waals surface area contributed by atoms with E-state index in [1.54, 1.807) is 84.9 Å². The number of benzene rings is 3. The minimum atomic E-state index is -1.05. The van der Waals surface area contributed by atoms with Gasteiger partial charge >= 0.3 is 42.0 Å². The molecule has 45 heavy (non-hydrogen) atoms. The lowest BCUT2D eigenvalue weighted by Crippen LogP contribution is -2.31. The fourth-order valence-electron chi connectivity index (χ4n) is 1.92. The summed E-state index contributed by atoms with van der Waals surface area (Å²) in [7, 11) is 0. The number of phenolic OH excluding ortho intramolecular Hbond substituents is 1. The van der Waals surface area contributed by atoms with E-state index >= 15 is 0 Å². The summed E-state index contributed by atoms with van der Waals surface area (Å²) in [4.78, 5) is 99.8. The molecule has 0 atom stereocenters. The summed E-state index contributed by atoms with van der Waals surface area (Å²) >= 11 is 0. The maximum atomic E-state index is 11.4. The second kappa shape index (κ2) is 26.0. The Balaban J connectivity index is 0. The van der Waals surface area contributed by atoms with E-state index in [2.05, 4.69) is 19.6 Å². The molecule has 3 aromatic carbocycles. The number of ether oxygens (including phenoxy) is 2. The van der Waals surface area contributed by atoms with Crippen LogP contribution in [0.5, 0.6) is 17.2 Å². The molecule has 3 aromatic rings. The van der Waals surface area contributed by atoms with Crippen molar-refractivity contribution in [2.45, 2.75) is 0 Å². The average Bonchev–Trinajstić information content (AvgIpc) is 3.07. The summed E-state index contributed by atoms with van der Waals surface area (Å²) in [6.45, 7) is -0.250. The number of hydrogen-bond donors (Lipinski definition) is 4. The lowest BCUT2D eigenvalue weighted by molar-refractivity contribution is -0.296. The number of para-hydroxylation sites is 3. The van der Waals surface area contributed by atoms with E-state index in [0.717, 1.165) is 0 Å². The van der Waals surface area contributed by atoms with Crippen molar-refractivity contribution in [1.29, 1.82) is 0 Å². The zero-order valence-corrected chi connectivity index (χ0v) is 22.2. The molecule has 0 spiro atoms. The molecule has 0 aromatic heterocycles. The number of carbonyl (C=O) groups excluding carboxylic acids is 8. The van der Waals surface area contributed by atoms with Crippen LogP contribution in [0.25, 0.3) is 0 Å². The van der Waals surface area contributed by atoms with Gasteiger partial charge in [-0.1, -0.05) is 54.6 Å². The molecule has 0 aliphatic carbocycles. The molecular formula is C26H20O19. The zero-order chi connectivity index (χ0) is 34.5. The minimum absolute atomic E-state index is 0.250. The van der Waals surface area contributed by atoms with E-state index in [9.17, 15) is 28.8 Å². The summed E-state index contributed by atoms with van der Waals surface area (Å²) in [5, 5.41) is 27.5. The molecule has 2 saturated heterocycles. The van der Waals surface area contributed by atoms with Crippen molar-refractivity contribution in [2.24, 2.45) is 0 Å². The Hall–Kier alpha value is -6.95. The van der Waals surface area contributed by atoms with Crippen LogP contribution in [0.1, 0.15) is 0 Å². The molecule has 4 N–H and O–H groups in total. The molecular weight excluding hydrogens is 616 g/mol. The Kier molecular flexibility index (Phi) is 23.2. The van der Waals surface area contributed by atoms with E-state index in [1.165, 1.54) is 0 Å². The van der Waals surface area contributed by atoms with Gasteiger partial charge in [-0.2, -0.15) is 9.59 Å². The predicted molar refractivity (Wildman–Crippen MR) is 136 cm³/mol. The number of aromatic hydroxyl groups is 1. The van der Waals surface area contributed by atoms with Gasteiger partial charge in [0.05, 0.1) is 0 Å². The van der Waals surface area contributed by atoms with E-state index in [0.29, 0.717) is 17.2 Å². The van der Waals surface area contributed by atoms with Gasteiger partial charge in [0.15, 0.2) is 0 Å². The highest BCUT2D eigenvalue weighted by atomic mass is 17.3. The van der Waals surface area contributed by atoms with Crippen molar-refractivity contribution in [3.05, 3.63) is 91.0 Å². The van der Waals surface area contributed by atoms with Crippen molar-refractivity contribution >= 4 is 48.4 Å². The molecule has 0 unspecified atom stereocenters. The Labute approximate surface area is 250 Å². The molecule has 19 nitrogen and oxygen atoms in total. The third kappa shape index (κ3) is 20.6. The fourth-order valence-corrected chi connectivity index (χ4v) is 1.92. The van der Waals surface area contributed by atoms with E-state index < -0.39 is 35.8 Å². The molecule has 0 amide bonds. The number of esters is 2. The van der Waals surface area contributed by atoms with Gasteiger partial charge in [0.2, 0.25) is 0 Å². The van der Waals surface area contributed by atoms with Crippen LogP contribution in [0, 0.1) is 0 Å². The van der Waals surface area contributed by atoms with Gasteiger partial charge in [-0.25, -0.2) is 48.3 Å². The standard InChI is InChI=1S/C14H10O4.C6H6O.2C2O4.CH2O2.CO2.H2O2/c15-13(17-11-7-3-1-4-8-11)14(16)18-12-9-5-2-6-10-12;7-6-4-2-1-3-5-6;2*3-1-2(4)6-5-1;2*2-1-3;1-2/h1-10H;1-5,7H;;;1H,(H,2,3);;1-2H. The number of hydrogen-bond acceptors (Lipinski definition) is 18. The lowest BCUT2D eigenvalue weighted by Gasteiger charge is -2.04. The van der Waals surface area contributed by atoms with Crippen LogP contribution < -0.4 is 9.47 Å². The van der Waals surface area contributed by atoms with Crippen molar-refractivity contribution in [2.75, 3.05) is 0 Å². The topological polar surface area (TPSA) is 290 Å². The smallest absolute Gasteiger partial charge is 0.467 e. The molecule has 2 aliphatic heterocycles. The van der Waals surface area contributed by atoms with Crippen LogP contribution in [0.15, 0.2) is 91.0 Å². The predicted octanol–water partition coefficient (Wildman–Crippen LogP) is 0.727. The molecule has 2 fully saturated rings. The Morgan fingerprint density at radius 1 is 0.578 bits per heavy atom. The molecule has 19 heteroatoms. The largest absolute Gasteiger partial charge is 0.508 e. The summed E-state index contributed by atoms with van der Waals surface area (Å²) in [6.07, 6.45) is 0.250. The van der Waals surface area contributed by atoms with Gasteiger partial charge in [0.25, 0.3) is 6.47 Å². The normalized spacial score (nSPS) is 10.5. The van der Waals surface area contributed by atoms with Crippen LogP contribution in [0.3, 0.4) is 0 Å². The van der Waals surface area contributed by atoms with Crippen LogP contribution in [-0.4, -0.2) is 69.2 Å². The highest BCUT2D eigenvalue weighted by Crippen LogP contribution is 2.11. The molecule has 0 saturated carbocycles. The Morgan fingerprint density at radius 3 is 0.956 bits per heavy atom. The number of carbonyl (C=O) groups is 7. The van der Waals surface area contributed by atoms with Gasteiger partial charge in [-0.05, 0) is 36.4 Å². The molecule has 2 heterocycles. The highest BCUT2D eigenvalue weighted by molar-refractivity contribution is 6.33. The van der Waals surface area contributed by atoms with Crippen LogP contribution >= 0.6 is 0 Å². The summed E-state index contributed by atoms with van der Waals surface area (Å²) < 4.78 is 9.67. The number of rotatable bonds is 2. The van der Waals surface area contributed by atoms with Crippen molar-refractivity contribution in [1.82, 2.24) is 0 Å². The quantitative estimate of drug-likeness (QED) is 0.0752. The first-order chi connectivity index (χ1) is 21.6. The first-order valence-corrected chi connectivity index (χ1v) is 11.0. The first kappa shape index (κ1) is 40.2. The third-order valence-electron chi connectivity index (χ3n) is 3.55. The second-order valence-electron chi connectivity index (χ2n) is 6.41. The molecule has 238 valence electrons. The molecule has 2 aliphatic rings. The summed E-state index contributed by atoms with van der Waals surface area (Å²) in [6, 6.07) is 25.4. The van der Waals surface area contributed by atoms with E-state index in [1.807, 2.05) is 6.07 Å². The summed E-state index contributed by atoms with van der Waals surface area (Å²) in [5.74, 6) is -4.87. The molecule has 0 radical (unpaired) electrons. The highest BCUT2D eigenvalue weighted by Gasteiger charge is 2.32. The van der Waals surface area contributed by atoms with Crippen LogP contribution in [-0.2, 0) is 62.7 Å². The van der Waals surface area contributed by atoms with Gasteiger partial charge in [-0.3, -0.25) is 15.3 Å². The average molecular weight is 636 g/mol. The van der Waals surface area contributed by atoms with Crippen LogP contribution in [0.2, 0.25) is 0 Å². The summed E-state index contributed by atoms with van der Waals surface area (Å²) in [5.41, 5.74) is 0. The van der Waals surface area contributed by atoms with Gasteiger partial charge in [0, 0.05) is 0 Å². The van der Waals surface area contributed by atoms with Gasteiger partial charge in [-0.15, -0.1) is 0 Å². The lowest BCUT2D eigenvalue weighted by atomic mass is 10.3. The molecule has 5 rings (SSSR count). The first-order valence-electron chi connectivity index (χ1n) is 11.0. The minimum Gasteiger partial charge on any atom is -0.508 e. The van der Waals surface area contributed by atoms with Crippen molar-refractivity contribution in [3.63, 3.8) is 0 Å². The van der Waals surface area contributed by atoms with Crippen molar-refractivity contribution in [3.8, 4) is 17.2 Å². The van der Waals surface area contributed by atoms with Gasteiger partial charge in [0.1, 0.15) is 17.2 Å². The monoisotopic (exact) mass is 636 g/mol. The fraction of sp³-hybridized carbons (Fsp3) is 0. The van der Waals surface area contributed by atoms with E-state index in [4.69, 9.17) is 44.6 Å². The SMILES string of the molecule is O=C(Oc1ccccc1)C(=O)Oc1ccccc1.O=C1OOC1=O.O=C1OOC1=O.O=C=O.O=CO.OO.Oc1ccccc1. The maximum Gasteiger partial charge on any atom is 0.467 e. The number of phenols is 1. The second-order valence-corrected chi connectivity index (χ2v) is 6.41. The maximum absolute atomic E-state index is 11.4. The zero-order valence-electron chi connectivity index (χ0n) is 22.2. The van der Waals surface area contributed by atoms with Crippen molar-refractivity contribution < 1.29 is 92.9 Å². The Bertz CT molecular complexity index is 1260.